The Morgan fingerprint density at radius 1 is 0.366 bits per heavy atom. The summed E-state index contributed by atoms with van der Waals surface area (Å²) in [5.74, 6) is -0.299. The van der Waals surface area contributed by atoms with Crippen molar-refractivity contribution >= 4 is 20.5 Å². The van der Waals surface area contributed by atoms with Crippen molar-refractivity contribution < 1.29 is 18.4 Å². The molecule has 0 rings (SSSR count). The molecule has 244 valence electrons. The summed E-state index contributed by atoms with van der Waals surface area (Å²) < 4.78 is 12.1. The molecule has 0 amide bonds. The van der Waals surface area contributed by atoms with Crippen molar-refractivity contribution in [2.24, 2.45) is 0 Å². The Morgan fingerprint density at radius 3 is 0.854 bits per heavy atom. The maximum Gasteiger partial charge on any atom is 0.464 e. The minimum absolute atomic E-state index is 0.149. The summed E-state index contributed by atoms with van der Waals surface area (Å²) in [5.41, 5.74) is 0. The van der Waals surface area contributed by atoms with Gasteiger partial charge in [-0.1, -0.05) is 182 Å². The van der Waals surface area contributed by atoms with Gasteiger partial charge in [-0.15, -0.1) is 0 Å². The molecule has 0 aliphatic rings. The molecule has 0 aromatic heterocycles. The fourth-order valence-electron chi connectivity index (χ4n) is 5.85. The van der Waals surface area contributed by atoms with E-state index in [4.69, 9.17) is 8.85 Å². The average Bonchev–Trinajstić information content (AvgIpc) is 2.94. The minimum atomic E-state index is -2.83. The van der Waals surface area contributed by atoms with Gasteiger partial charge in [0.1, 0.15) is 0 Å². The van der Waals surface area contributed by atoms with Crippen LogP contribution in [0, 0.1) is 0 Å². The molecule has 4 nitrogen and oxygen atoms in total. The fraction of sp³-hybridized carbons (Fsp3) is 0.944. The summed E-state index contributed by atoms with van der Waals surface area (Å²) in [7, 11) is -2.83. The Kier molecular flexibility index (Phi) is 30.0. The van der Waals surface area contributed by atoms with Crippen LogP contribution in [-0.2, 0) is 18.4 Å². The summed E-state index contributed by atoms with van der Waals surface area (Å²) in [4.78, 5) is 25.5. The minimum Gasteiger partial charge on any atom is -0.485 e. The molecule has 0 aliphatic carbocycles. The molecule has 0 saturated heterocycles. The summed E-state index contributed by atoms with van der Waals surface area (Å²) >= 11 is 0. The summed E-state index contributed by atoms with van der Waals surface area (Å²) in [6.07, 6.45) is 33.3. The number of carbonyl (C=O) groups is 2. The highest BCUT2D eigenvalue weighted by molar-refractivity contribution is 6.70. The monoisotopic (exact) mass is 597 g/mol. The van der Waals surface area contributed by atoms with Gasteiger partial charge in [0.25, 0.3) is 11.9 Å². The molecule has 41 heavy (non-hydrogen) atoms. The molecule has 0 bridgehead atoms. The second-order valence-corrected chi connectivity index (χ2v) is 15.9. The molecule has 0 atom stereocenters. The standard InChI is InChI=1S/C36H72O4Si/c1-5-9-11-13-15-17-19-21-23-25-27-29-31-35(37)39-41(33-7-3,34-8-4)40-36(38)32-30-28-26-24-22-20-18-16-14-12-10-6-2/h5-34H2,1-4H3. The van der Waals surface area contributed by atoms with Crippen LogP contribution in [0.25, 0.3) is 0 Å². The molecule has 0 saturated carbocycles. The van der Waals surface area contributed by atoms with Gasteiger partial charge in [-0.3, -0.25) is 9.59 Å². The van der Waals surface area contributed by atoms with Gasteiger partial charge in [0.15, 0.2) is 0 Å². The van der Waals surface area contributed by atoms with E-state index in [2.05, 4.69) is 27.7 Å². The number of hydrogen-bond acceptors (Lipinski definition) is 4. The number of unbranched alkanes of at least 4 members (excludes halogenated alkanes) is 22. The van der Waals surface area contributed by atoms with E-state index >= 15 is 0 Å². The highest BCUT2D eigenvalue weighted by Gasteiger charge is 2.43. The van der Waals surface area contributed by atoms with Crippen molar-refractivity contribution in [2.45, 2.75) is 220 Å². The van der Waals surface area contributed by atoms with Crippen LogP contribution < -0.4 is 0 Å². The lowest BCUT2D eigenvalue weighted by molar-refractivity contribution is -0.142. The first kappa shape index (κ1) is 40.2. The molecular weight excluding hydrogens is 524 g/mol. The lowest BCUT2D eigenvalue weighted by Gasteiger charge is -2.29. The Balaban J connectivity index is 4.10. The molecule has 0 aliphatic heterocycles. The second kappa shape index (κ2) is 30.6. The molecule has 5 heteroatoms. The predicted octanol–water partition coefficient (Wildman–Crippen LogP) is 12.5. The van der Waals surface area contributed by atoms with E-state index in [0.717, 1.165) is 50.6 Å². The summed E-state index contributed by atoms with van der Waals surface area (Å²) in [6.45, 7) is 8.72. The second-order valence-electron chi connectivity index (χ2n) is 12.6. The molecule has 0 spiro atoms. The Bertz CT molecular complexity index is 530. The van der Waals surface area contributed by atoms with Crippen molar-refractivity contribution in [1.29, 1.82) is 0 Å². The zero-order valence-corrected chi connectivity index (χ0v) is 29.3. The lowest BCUT2D eigenvalue weighted by Crippen LogP contribution is -2.45. The Morgan fingerprint density at radius 2 is 0.610 bits per heavy atom. The van der Waals surface area contributed by atoms with Crippen molar-refractivity contribution in [2.75, 3.05) is 0 Å². The summed E-state index contributed by atoms with van der Waals surface area (Å²) in [5, 5.41) is 0. The van der Waals surface area contributed by atoms with Crippen LogP contribution in [0.15, 0.2) is 0 Å². The third-order valence-corrected chi connectivity index (χ3v) is 12.1. The van der Waals surface area contributed by atoms with E-state index in [1.54, 1.807) is 0 Å². The lowest BCUT2D eigenvalue weighted by atomic mass is 10.0. The van der Waals surface area contributed by atoms with Gasteiger partial charge in [0.2, 0.25) is 0 Å². The third-order valence-electron chi connectivity index (χ3n) is 8.33. The van der Waals surface area contributed by atoms with E-state index in [1.807, 2.05) is 0 Å². The van der Waals surface area contributed by atoms with Gasteiger partial charge in [0, 0.05) is 24.9 Å². The van der Waals surface area contributed by atoms with E-state index in [9.17, 15) is 9.59 Å². The number of rotatable bonds is 32. The molecule has 0 radical (unpaired) electrons. The van der Waals surface area contributed by atoms with Crippen LogP contribution in [0.2, 0.25) is 12.1 Å². The first-order chi connectivity index (χ1) is 20.0. The highest BCUT2D eigenvalue weighted by atomic mass is 28.4. The first-order valence-corrected chi connectivity index (χ1v) is 20.7. The van der Waals surface area contributed by atoms with Gasteiger partial charge in [-0.05, 0) is 12.8 Å². The average molecular weight is 597 g/mol. The van der Waals surface area contributed by atoms with Crippen LogP contribution in [0.3, 0.4) is 0 Å². The van der Waals surface area contributed by atoms with Crippen LogP contribution in [0.5, 0.6) is 0 Å². The smallest absolute Gasteiger partial charge is 0.464 e. The van der Waals surface area contributed by atoms with E-state index in [1.165, 1.54) is 128 Å². The van der Waals surface area contributed by atoms with Crippen LogP contribution in [0.1, 0.15) is 207 Å². The van der Waals surface area contributed by atoms with Gasteiger partial charge in [-0.2, -0.15) is 0 Å². The topological polar surface area (TPSA) is 52.6 Å². The molecule has 0 heterocycles. The van der Waals surface area contributed by atoms with E-state index < -0.39 is 8.56 Å². The Hall–Kier alpha value is -0.843. The molecule has 0 unspecified atom stereocenters. The fourth-order valence-corrected chi connectivity index (χ4v) is 9.11. The first-order valence-electron chi connectivity index (χ1n) is 18.5. The zero-order valence-electron chi connectivity index (χ0n) is 28.3. The van der Waals surface area contributed by atoms with E-state index in [0.29, 0.717) is 12.8 Å². The van der Waals surface area contributed by atoms with Crippen molar-refractivity contribution in [3.63, 3.8) is 0 Å². The zero-order chi connectivity index (χ0) is 30.3. The van der Waals surface area contributed by atoms with Crippen molar-refractivity contribution in [1.82, 2.24) is 0 Å². The van der Waals surface area contributed by atoms with Gasteiger partial charge in [0.05, 0.1) is 0 Å². The predicted molar refractivity (Wildman–Crippen MR) is 180 cm³/mol. The van der Waals surface area contributed by atoms with Crippen LogP contribution >= 0.6 is 0 Å². The summed E-state index contributed by atoms with van der Waals surface area (Å²) in [6, 6.07) is 1.43. The molecule has 0 aromatic carbocycles. The quantitative estimate of drug-likeness (QED) is 0.0572. The SMILES string of the molecule is CCCCCCCCCCCCCCC(=O)O[Si](CCC)(CCC)OC(=O)CCCCCCCCCCCCCC. The van der Waals surface area contributed by atoms with Gasteiger partial charge >= 0.3 is 8.56 Å². The van der Waals surface area contributed by atoms with Crippen molar-refractivity contribution in [3.05, 3.63) is 0 Å². The molecular formula is C36H72O4Si. The maximum absolute atomic E-state index is 12.8. The largest absolute Gasteiger partial charge is 0.485 e. The van der Waals surface area contributed by atoms with E-state index in [-0.39, 0.29) is 11.9 Å². The van der Waals surface area contributed by atoms with Crippen molar-refractivity contribution in [3.8, 4) is 0 Å². The van der Waals surface area contributed by atoms with Gasteiger partial charge in [-0.25, -0.2) is 0 Å². The highest BCUT2D eigenvalue weighted by Crippen LogP contribution is 2.25. The number of hydrogen-bond donors (Lipinski definition) is 0. The third kappa shape index (κ3) is 26.5. The van der Waals surface area contributed by atoms with Crippen LogP contribution in [-0.4, -0.2) is 20.5 Å². The molecule has 0 N–H and O–H groups in total. The number of carbonyl (C=O) groups excluding carboxylic acids is 2. The Labute approximate surface area is 258 Å². The molecule has 0 fully saturated rings. The van der Waals surface area contributed by atoms with Gasteiger partial charge < -0.3 is 8.85 Å². The molecule has 0 aromatic rings. The van der Waals surface area contributed by atoms with Crippen LogP contribution in [0.4, 0.5) is 0 Å². The maximum atomic E-state index is 12.8. The normalized spacial score (nSPS) is 11.6.